The molecule has 0 unspecified atom stereocenters. The van der Waals surface area contributed by atoms with Gasteiger partial charge in [0.15, 0.2) is 0 Å². The molecular formula is C29H28F6N4OS. The Hall–Kier alpha value is -3.93. The molecule has 218 valence electrons. The number of nitrogens with zero attached hydrogens (tertiary/aromatic N) is 2. The first-order chi connectivity index (χ1) is 19.2. The number of amidine groups is 1. The van der Waals surface area contributed by atoms with Gasteiger partial charge in [-0.25, -0.2) is 0 Å². The van der Waals surface area contributed by atoms with E-state index in [-0.39, 0.29) is 23.4 Å². The summed E-state index contributed by atoms with van der Waals surface area (Å²) in [5.74, 6) is 0.438. The minimum absolute atomic E-state index is 0.131. The second-order valence-electron chi connectivity index (χ2n) is 9.23. The van der Waals surface area contributed by atoms with Gasteiger partial charge < -0.3 is 15.5 Å². The number of amides is 1. The van der Waals surface area contributed by atoms with Crippen molar-refractivity contribution in [2.75, 3.05) is 13.6 Å². The van der Waals surface area contributed by atoms with Crippen LogP contribution in [0.15, 0.2) is 70.8 Å². The zero-order chi connectivity index (χ0) is 30.4. The average Bonchev–Trinajstić information content (AvgIpc) is 3.22. The van der Waals surface area contributed by atoms with Crippen molar-refractivity contribution >= 4 is 41.7 Å². The van der Waals surface area contributed by atoms with Crippen molar-refractivity contribution < 1.29 is 31.1 Å². The van der Waals surface area contributed by atoms with E-state index in [4.69, 9.17) is 0 Å². The number of alkyl halides is 6. The van der Waals surface area contributed by atoms with Gasteiger partial charge in [0.05, 0.1) is 16.0 Å². The highest BCUT2D eigenvalue weighted by atomic mass is 32.2. The molecular weight excluding hydrogens is 566 g/mol. The first-order valence-electron chi connectivity index (χ1n) is 12.2. The van der Waals surface area contributed by atoms with Gasteiger partial charge in [-0.1, -0.05) is 36.9 Å². The Morgan fingerprint density at radius 3 is 2.51 bits per heavy atom. The van der Waals surface area contributed by atoms with Crippen LogP contribution in [0.4, 0.5) is 31.1 Å². The summed E-state index contributed by atoms with van der Waals surface area (Å²) in [7, 11) is 1.52. The molecule has 1 fully saturated rings. The van der Waals surface area contributed by atoms with Crippen molar-refractivity contribution in [2.24, 2.45) is 4.99 Å². The first kappa shape index (κ1) is 31.6. The van der Waals surface area contributed by atoms with Crippen molar-refractivity contribution in [3.63, 3.8) is 0 Å². The normalized spacial score (nSPS) is 16.8. The summed E-state index contributed by atoms with van der Waals surface area (Å²) in [6.45, 7) is 9.62. The molecule has 0 aliphatic carbocycles. The van der Waals surface area contributed by atoms with Crippen LogP contribution >= 0.6 is 11.8 Å². The molecule has 5 nitrogen and oxygen atoms in total. The van der Waals surface area contributed by atoms with E-state index in [2.05, 4.69) is 28.8 Å². The maximum Gasteiger partial charge on any atom is 0.416 e. The van der Waals surface area contributed by atoms with Gasteiger partial charge in [-0.15, -0.1) is 0 Å². The quantitative estimate of drug-likeness (QED) is 0.338. The lowest BCUT2D eigenvalue weighted by Gasteiger charge is -2.20. The maximum atomic E-state index is 13.6. The lowest BCUT2D eigenvalue weighted by Crippen LogP contribution is -2.27. The predicted molar refractivity (Wildman–Crippen MR) is 152 cm³/mol. The summed E-state index contributed by atoms with van der Waals surface area (Å²) in [6.07, 6.45) is -2.50. The van der Waals surface area contributed by atoms with Gasteiger partial charge in [0.1, 0.15) is 5.84 Å². The Labute approximate surface area is 237 Å². The molecule has 1 aliphatic heterocycles. The van der Waals surface area contributed by atoms with Crippen LogP contribution in [0.25, 0.3) is 18.9 Å². The fourth-order valence-electron chi connectivity index (χ4n) is 3.85. The molecule has 41 heavy (non-hydrogen) atoms. The number of benzene rings is 2. The van der Waals surface area contributed by atoms with Crippen molar-refractivity contribution in [3.8, 4) is 0 Å². The molecule has 0 radical (unpaired) electrons. The highest BCUT2D eigenvalue weighted by Crippen LogP contribution is 2.37. The lowest BCUT2D eigenvalue weighted by atomic mass is 10.0. The Bertz CT molecular complexity index is 1510. The van der Waals surface area contributed by atoms with E-state index in [9.17, 15) is 31.1 Å². The Morgan fingerprint density at radius 1 is 1.12 bits per heavy atom. The average molecular weight is 595 g/mol. The Morgan fingerprint density at radius 2 is 1.85 bits per heavy atom. The summed E-state index contributed by atoms with van der Waals surface area (Å²) in [4.78, 5) is 18.6. The number of nitrogens with one attached hydrogen (secondary N) is 2. The van der Waals surface area contributed by atoms with Crippen LogP contribution < -0.4 is 21.1 Å². The topological polar surface area (TPSA) is 56.7 Å². The monoisotopic (exact) mass is 594 g/mol. The number of carbonyl (C=O) groups excluding carboxylic acids is 1. The number of halogens is 6. The molecule has 0 saturated carbocycles. The number of thioether (sulfide) groups is 1. The van der Waals surface area contributed by atoms with Crippen LogP contribution in [0.3, 0.4) is 0 Å². The number of hydrogen-bond donors (Lipinski definition) is 2. The van der Waals surface area contributed by atoms with Gasteiger partial charge in [0.2, 0.25) is 0 Å². The number of hydrogen-bond acceptors (Lipinski definition) is 5. The predicted octanol–water partition coefficient (Wildman–Crippen LogP) is 6.23. The molecule has 1 saturated heterocycles. The van der Waals surface area contributed by atoms with Gasteiger partial charge in [0, 0.05) is 26.3 Å². The summed E-state index contributed by atoms with van der Waals surface area (Å²) in [6, 6.07) is 6.86. The lowest BCUT2D eigenvalue weighted by molar-refractivity contribution is -0.143. The first-order valence-corrected chi connectivity index (χ1v) is 13.1. The van der Waals surface area contributed by atoms with Gasteiger partial charge in [-0.05, 0) is 83.3 Å². The van der Waals surface area contributed by atoms with Crippen molar-refractivity contribution in [1.82, 2.24) is 15.5 Å². The minimum atomic E-state index is -4.96. The molecule has 0 atom stereocenters. The molecule has 2 N–H and O–H groups in total. The molecule has 3 rings (SSSR count). The number of carbonyl (C=O) groups is 1. The molecule has 0 bridgehead atoms. The van der Waals surface area contributed by atoms with Crippen LogP contribution in [-0.4, -0.2) is 29.6 Å². The second-order valence-corrected chi connectivity index (χ2v) is 10.2. The van der Waals surface area contributed by atoms with Gasteiger partial charge >= 0.3 is 12.4 Å². The zero-order valence-electron chi connectivity index (χ0n) is 22.3. The summed E-state index contributed by atoms with van der Waals surface area (Å²) >= 11 is 0.991. The van der Waals surface area contributed by atoms with Crippen molar-refractivity contribution in [1.29, 1.82) is 0 Å². The van der Waals surface area contributed by atoms with E-state index in [1.54, 1.807) is 36.7 Å². The number of rotatable bonds is 9. The van der Waals surface area contributed by atoms with E-state index < -0.39 is 23.5 Å². The minimum Gasteiger partial charge on any atom is -0.376 e. The summed E-state index contributed by atoms with van der Waals surface area (Å²) in [5.41, 5.74) is -1.26. The van der Waals surface area contributed by atoms with Crippen LogP contribution in [0.1, 0.15) is 35.6 Å². The van der Waals surface area contributed by atoms with Crippen LogP contribution in [0.5, 0.6) is 0 Å². The zero-order valence-corrected chi connectivity index (χ0v) is 23.1. The molecule has 1 aliphatic rings. The second kappa shape index (κ2) is 13.2. The highest BCUT2D eigenvalue weighted by Gasteiger charge is 2.38. The molecule has 0 aromatic heterocycles. The SMILES string of the molecule is C=CN/C=C(\C)CCN=C1NC(=O)S/C1=C\c1ccc(=C)/c(=C\N(C)Cc2ccc(C(F)(F)F)cc2C(F)(F)F)c1. The molecule has 1 amide bonds. The largest absolute Gasteiger partial charge is 0.416 e. The van der Waals surface area contributed by atoms with Crippen molar-refractivity contribution in [3.05, 3.63) is 98.5 Å². The molecule has 0 spiro atoms. The van der Waals surface area contributed by atoms with E-state index in [1.165, 1.54) is 11.9 Å². The standard InChI is InChI=1S/C29H28F6N4OS/c1-5-36-15-18(2)10-11-37-26-25(41-27(40)38-26)13-20-7-6-19(3)22(12-20)17-39(4)16-21-8-9-23(28(30,31)32)14-24(21)29(33,34)35/h5-9,12-15,17,36H,1,3,10-11,16H2,2,4H3,(H,37,38,40)/b18-15+,22-17-,25-13-. The highest BCUT2D eigenvalue weighted by molar-refractivity contribution is 8.18. The fraction of sp³-hybridized carbons (Fsp3) is 0.241. The summed E-state index contributed by atoms with van der Waals surface area (Å²) < 4.78 is 79.7. The molecule has 12 heteroatoms. The third kappa shape index (κ3) is 9.04. The molecule has 2 aromatic carbocycles. The van der Waals surface area contributed by atoms with E-state index in [0.29, 0.717) is 45.8 Å². The van der Waals surface area contributed by atoms with Crippen LogP contribution in [0, 0.1) is 0 Å². The van der Waals surface area contributed by atoms with Gasteiger partial charge in [0.25, 0.3) is 5.24 Å². The van der Waals surface area contributed by atoms with Crippen LogP contribution in [0.2, 0.25) is 0 Å². The third-order valence-electron chi connectivity index (χ3n) is 5.87. The molecule has 2 aromatic rings. The smallest absolute Gasteiger partial charge is 0.376 e. The van der Waals surface area contributed by atoms with E-state index >= 15 is 0 Å². The van der Waals surface area contributed by atoms with Gasteiger partial charge in [-0.3, -0.25) is 9.79 Å². The van der Waals surface area contributed by atoms with Gasteiger partial charge in [-0.2, -0.15) is 26.3 Å². The van der Waals surface area contributed by atoms with Crippen molar-refractivity contribution in [2.45, 2.75) is 32.2 Å². The van der Waals surface area contributed by atoms with Crippen LogP contribution in [-0.2, 0) is 18.9 Å². The Kier molecular flexibility index (Phi) is 10.1. The number of aliphatic imine (C=N–C) groups is 1. The fourth-order valence-corrected chi connectivity index (χ4v) is 4.60. The summed E-state index contributed by atoms with van der Waals surface area (Å²) in [5, 5.41) is 6.51. The Balaban J connectivity index is 1.86. The maximum absolute atomic E-state index is 13.6. The molecule has 1 heterocycles. The third-order valence-corrected chi connectivity index (χ3v) is 6.69. The van der Waals surface area contributed by atoms with E-state index in [1.807, 2.05) is 13.1 Å². The van der Waals surface area contributed by atoms with E-state index in [0.717, 1.165) is 23.4 Å².